The Kier molecular flexibility index (Phi) is 4.66. The predicted molar refractivity (Wildman–Crippen MR) is 93.5 cm³/mol. The van der Waals surface area contributed by atoms with E-state index in [0.29, 0.717) is 6.42 Å². The first-order chi connectivity index (χ1) is 12.1. The standard InChI is InChI=1S/C20H16O5/c21-19(22)16-6-3-7-17(18(16)20(23)24)25-11-10-13-8-9-14-4-1-2-5-15(14)12-13/h1-9,12H,10-11H2,(H,21,22)(H,23,24). The maximum absolute atomic E-state index is 11.4. The first-order valence-electron chi connectivity index (χ1n) is 7.76. The molecule has 0 spiro atoms. The van der Waals surface area contributed by atoms with E-state index in [2.05, 4.69) is 6.07 Å². The highest BCUT2D eigenvalue weighted by atomic mass is 16.5. The fourth-order valence-electron chi connectivity index (χ4n) is 2.72. The first kappa shape index (κ1) is 16.5. The van der Waals surface area contributed by atoms with Crippen LogP contribution in [0.25, 0.3) is 10.8 Å². The molecular formula is C20H16O5. The molecule has 0 aliphatic heterocycles. The van der Waals surface area contributed by atoms with Crippen molar-refractivity contribution in [3.05, 3.63) is 77.4 Å². The largest absolute Gasteiger partial charge is 0.492 e. The van der Waals surface area contributed by atoms with Gasteiger partial charge in [0.1, 0.15) is 11.3 Å². The van der Waals surface area contributed by atoms with E-state index < -0.39 is 11.9 Å². The van der Waals surface area contributed by atoms with Crippen LogP contribution in [0, 0.1) is 0 Å². The predicted octanol–water partition coefficient (Wildman–Crippen LogP) is 3.86. The minimum Gasteiger partial charge on any atom is -0.492 e. The van der Waals surface area contributed by atoms with Gasteiger partial charge in [0.2, 0.25) is 0 Å². The number of fused-ring (bicyclic) bond motifs is 1. The maximum Gasteiger partial charge on any atom is 0.340 e. The zero-order valence-corrected chi connectivity index (χ0v) is 13.3. The fourth-order valence-corrected chi connectivity index (χ4v) is 2.72. The second-order valence-electron chi connectivity index (χ2n) is 5.57. The van der Waals surface area contributed by atoms with Gasteiger partial charge in [-0.05, 0) is 28.5 Å². The van der Waals surface area contributed by atoms with Crippen molar-refractivity contribution in [3.63, 3.8) is 0 Å². The minimum absolute atomic E-state index is 0.0631. The summed E-state index contributed by atoms with van der Waals surface area (Å²) in [7, 11) is 0. The van der Waals surface area contributed by atoms with Crippen LogP contribution >= 0.6 is 0 Å². The van der Waals surface area contributed by atoms with E-state index in [0.717, 1.165) is 16.3 Å². The van der Waals surface area contributed by atoms with Crippen LogP contribution in [0.3, 0.4) is 0 Å². The molecule has 0 aliphatic carbocycles. The molecule has 0 atom stereocenters. The summed E-state index contributed by atoms with van der Waals surface area (Å²) in [5.41, 5.74) is 0.453. The van der Waals surface area contributed by atoms with Crippen molar-refractivity contribution in [1.82, 2.24) is 0 Å². The highest BCUT2D eigenvalue weighted by Crippen LogP contribution is 2.23. The molecule has 5 nitrogen and oxygen atoms in total. The smallest absolute Gasteiger partial charge is 0.340 e. The fraction of sp³-hybridized carbons (Fsp3) is 0.100. The minimum atomic E-state index is -1.32. The molecule has 0 fully saturated rings. The summed E-state index contributed by atoms with van der Waals surface area (Å²) in [6.45, 7) is 0.252. The molecule has 5 heteroatoms. The summed E-state index contributed by atoms with van der Waals surface area (Å²) >= 11 is 0. The lowest BCUT2D eigenvalue weighted by Crippen LogP contribution is -2.12. The number of rotatable bonds is 6. The van der Waals surface area contributed by atoms with Gasteiger partial charge < -0.3 is 14.9 Å². The zero-order valence-electron chi connectivity index (χ0n) is 13.3. The topological polar surface area (TPSA) is 83.8 Å². The molecule has 0 saturated heterocycles. The van der Waals surface area contributed by atoms with Crippen molar-refractivity contribution in [2.45, 2.75) is 6.42 Å². The van der Waals surface area contributed by atoms with Crippen molar-refractivity contribution in [1.29, 1.82) is 0 Å². The number of hydrogen-bond donors (Lipinski definition) is 2. The second-order valence-corrected chi connectivity index (χ2v) is 5.57. The number of carbonyl (C=O) groups is 2. The molecular weight excluding hydrogens is 320 g/mol. The third kappa shape index (κ3) is 3.61. The molecule has 0 saturated carbocycles. The summed E-state index contributed by atoms with van der Waals surface area (Å²) in [6, 6.07) is 18.3. The van der Waals surface area contributed by atoms with E-state index in [1.807, 2.05) is 36.4 Å². The lowest BCUT2D eigenvalue weighted by Gasteiger charge is -2.11. The molecule has 0 aliphatic rings. The quantitative estimate of drug-likeness (QED) is 0.714. The Morgan fingerprint density at radius 1 is 0.840 bits per heavy atom. The molecule has 25 heavy (non-hydrogen) atoms. The highest BCUT2D eigenvalue weighted by molar-refractivity contribution is 6.03. The van der Waals surface area contributed by atoms with Gasteiger partial charge in [-0.25, -0.2) is 9.59 Å². The van der Waals surface area contributed by atoms with Gasteiger partial charge >= 0.3 is 11.9 Å². The van der Waals surface area contributed by atoms with Crippen molar-refractivity contribution >= 4 is 22.7 Å². The molecule has 3 aromatic carbocycles. The van der Waals surface area contributed by atoms with Gasteiger partial charge in [-0.1, -0.05) is 48.5 Å². The average molecular weight is 336 g/mol. The van der Waals surface area contributed by atoms with Gasteiger partial charge in [-0.2, -0.15) is 0 Å². The van der Waals surface area contributed by atoms with Crippen LogP contribution in [0.5, 0.6) is 5.75 Å². The lowest BCUT2D eigenvalue weighted by atomic mass is 10.1. The third-order valence-corrected chi connectivity index (χ3v) is 3.93. The molecule has 2 N–H and O–H groups in total. The van der Waals surface area contributed by atoms with E-state index >= 15 is 0 Å². The average Bonchev–Trinajstić information content (AvgIpc) is 2.61. The number of aromatic carboxylic acids is 2. The van der Waals surface area contributed by atoms with Crippen molar-refractivity contribution in [2.24, 2.45) is 0 Å². The monoisotopic (exact) mass is 336 g/mol. The molecule has 3 aromatic rings. The highest BCUT2D eigenvalue weighted by Gasteiger charge is 2.20. The Hall–Kier alpha value is -3.34. The molecule has 0 heterocycles. The molecule has 0 amide bonds. The van der Waals surface area contributed by atoms with Crippen LogP contribution in [0.4, 0.5) is 0 Å². The van der Waals surface area contributed by atoms with Gasteiger partial charge in [0.05, 0.1) is 12.2 Å². The molecule has 0 aromatic heterocycles. The Bertz CT molecular complexity index is 946. The van der Waals surface area contributed by atoms with Crippen LogP contribution in [-0.4, -0.2) is 28.8 Å². The van der Waals surface area contributed by atoms with Crippen molar-refractivity contribution in [2.75, 3.05) is 6.61 Å². The second kappa shape index (κ2) is 7.05. The van der Waals surface area contributed by atoms with Gasteiger partial charge in [-0.15, -0.1) is 0 Å². The Morgan fingerprint density at radius 2 is 1.60 bits per heavy atom. The number of ether oxygens (including phenoxy) is 1. The third-order valence-electron chi connectivity index (χ3n) is 3.93. The Balaban J connectivity index is 1.76. The van der Waals surface area contributed by atoms with Crippen molar-refractivity contribution in [3.8, 4) is 5.75 Å². The normalized spacial score (nSPS) is 10.6. The van der Waals surface area contributed by atoms with E-state index in [-0.39, 0.29) is 23.5 Å². The first-order valence-corrected chi connectivity index (χ1v) is 7.76. The summed E-state index contributed by atoms with van der Waals surface area (Å²) in [5, 5.41) is 20.7. The van der Waals surface area contributed by atoms with Gasteiger partial charge in [0, 0.05) is 6.42 Å². The van der Waals surface area contributed by atoms with E-state index in [1.54, 1.807) is 0 Å². The maximum atomic E-state index is 11.4. The van der Waals surface area contributed by atoms with Crippen LogP contribution in [-0.2, 0) is 6.42 Å². The molecule has 0 unspecified atom stereocenters. The molecule has 0 radical (unpaired) electrons. The Labute approximate surface area is 144 Å². The summed E-state index contributed by atoms with van der Waals surface area (Å²) in [4.78, 5) is 22.6. The van der Waals surface area contributed by atoms with Crippen molar-refractivity contribution < 1.29 is 24.5 Å². The van der Waals surface area contributed by atoms with Crippen LogP contribution in [0.2, 0.25) is 0 Å². The zero-order chi connectivity index (χ0) is 17.8. The number of carboxylic acid groups (broad SMARTS) is 2. The summed E-state index contributed by atoms with van der Waals surface area (Å²) in [6.07, 6.45) is 0.585. The van der Waals surface area contributed by atoms with Gasteiger partial charge in [0.15, 0.2) is 0 Å². The van der Waals surface area contributed by atoms with Crippen LogP contribution < -0.4 is 4.74 Å². The van der Waals surface area contributed by atoms with E-state index in [1.165, 1.54) is 18.2 Å². The SMILES string of the molecule is O=C(O)c1cccc(OCCc2ccc3ccccc3c2)c1C(=O)O. The lowest BCUT2D eigenvalue weighted by molar-refractivity contribution is 0.0647. The molecule has 0 bridgehead atoms. The van der Waals surface area contributed by atoms with Gasteiger partial charge in [0.25, 0.3) is 0 Å². The molecule has 3 rings (SSSR count). The molecule has 126 valence electrons. The van der Waals surface area contributed by atoms with Crippen LogP contribution in [0.15, 0.2) is 60.7 Å². The number of hydrogen-bond acceptors (Lipinski definition) is 3. The van der Waals surface area contributed by atoms with E-state index in [9.17, 15) is 14.7 Å². The Morgan fingerprint density at radius 3 is 2.32 bits per heavy atom. The summed E-state index contributed by atoms with van der Waals surface area (Å²) in [5.74, 6) is -2.55. The number of benzene rings is 3. The summed E-state index contributed by atoms with van der Waals surface area (Å²) < 4.78 is 5.56. The van der Waals surface area contributed by atoms with Crippen LogP contribution in [0.1, 0.15) is 26.3 Å². The van der Waals surface area contributed by atoms with Gasteiger partial charge in [-0.3, -0.25) is 0 Å². The van der Waals surface area contributed by atoms with E-state index in [4.69, 9.17) is 9.84 Å². The number of carboxylic acids is 2.